The molecule has 0 fully saturated rings. The average Bonchev–Trinajstić information content (AvgIpc) is 3.23. The van der Waals surface area contributed by atoms with Crippen LogP contribution in [0.1, 0.15) is 18.5 Å². The number of aromatic nitrogens is 3. The van der Waals surface area contributed by atoms with Crippen LogP contribution in [0.25, 0.3) is 0 Å². The molecule has 0 aliphatic carbocycles. The summed E-state index contributed by atoms with van der Waals surface area (Å²) >= 11 is 1.24. The number of ether oxygens (including phenoxy) is 1. The van der Waals surface area contributed by atoms with Gasteiger partial charge in [-0.1, -0.05) is 17.8 Å². The van der Waals surface area contributed by atoms with E-state index in [-0.39, 0.29) is 24.1 Å². The second-order valence-corrected chi connectivity index (χ2v) is 5.87. The van der Waals surface area contributed by atoms with Gasteiger partial charge in [0, 0.05) is 6.54 Å². The highest BCUT2D eigenvalue weighted by atomic mass is 32.2. The third-order valence-corrected chi connectivity index (χ3v) is 4.04. The van der Waals surface area contributed by atoms with Gasteiger partial charge in [-0.05, 0) is 19.1 Å². The quantitative estimate of drug-likeness (QED) is 0.387. The summed E-state index contributed by atoms with van der Waals surface area (Å²) in [4.78, 5) is 23.5. The van der Waals surface area contributed by atoms with Crippen LogP contribution in [0.2, 0.25) is 0 Å². The van der Waals surface area contributed by atoms with Crippen molar-refractivity contribution in [3.63, 3.8) is 0 Å². The lowest BCUT2D eigenvalue weighted by atomic mass is 10.4. The first-order valence-corrected chi connectivity index (χ1v) is 8.73. The summed E-state index contributed by atoms with van der Waals surface area (Å²) in [6, 6.07) is 3.60. The number of carbonyl (C=O) groups is 2. The molecule has 25 heavy (non-hydrogen) atoms. The van der Waals surface area contributed by atoms with Gasteiger partial charge in [-0.2, -0.15) is 0 Å². The number of hydrogen-bond donors (Lipinski definition) is 1. The van der Waals surface area contributed by atoms with Gasteiger partial charge in [0.25, 0.3) is 0 Å². The Labute approximate surface area is 149 Å². The fourth-order valence-electron chi connectivity index (χ4n) is 1.98. The highest BCUT2D eigenvalue weighted by Gasteiger charge is 2.18. The van der Waals surface area contributed by atoms with Gasteiger partial charge in [-0.25, -0.2) is 0 Å². The second kappa shape index (κ2) is 9.67. The molecule has 0 aliphatic rings. The SMILES string of the molecule is C=CCNC(=O)CSc1nnc(CC(=O)OCC)n1Cc1ccco1. The Hall–Kier alpha value is -2.55. The van der Waals surface area contributed by atoms with Crippen molar-refractivity contribution in [2.45, 2.75) is 25.0 Å². The van der Waals surface area contributed by atoms with Crippen molar-refractivity contribution in [3.05, 3.63) is 42.6 Å². The molecule has 0 aromatic carbocycles. The maximum absolute atomic E-state index is 11.8. The number of esters is 1. The number of nitrogens with one attached hydrogen (secondary N) is 1. The molecule has 1 N–H and O–H groups in total. The van der Waals surface area contributed by atoms with Crippen molar-refractivity contribution in [1.29, 1.82) is 0 Å². The van der Waals surface area contributed by atoms with E-state index in [9.17, 15) is 9.59 Å². The minimum absolute atomic E-state index is 0.00473. The number of nitrogens with zero attached hydrogens (tertiary/aromatic N) is 3. The van der Waals surface area contributed by atoms with Crippen molar-refractivity contribution in [2.75, 3.05) is 18.9 Å². The van der Waals surface area contributed by atoms with Gasteiger partial charge in [-0.3, -0.25) is 14.2 Å². The highest BCUT2D eigenvalue weighted by molar-refractivity contribution is 7.99. The molecule has 2 heterocycles. The van der Waals surface area contributed by atoms with Crippen molar-refractivity contribution in [3.8, 4) is 0 Å². The second-order valence-electron chi connectivity index (χ2n) is 4.93. The van der Waals surface area contributed by atoms with Crippen LogP contribution in [0, 0.1) is 0 Å². The molecule has 9 heteroatoms. The molecule has 0 unspecified atom stereocenters. The normalized spacial score (nSPS) is 10.4. The Morgan fingerprint density at radius 2 is 2.32 bits per heavy atom. The Morgan fingerprint density at radius 3 is 3.00 bits per heavy atom. The van der Waals surface area contributed by atoms with E-state index in [1.54, 1.807) is 29.9 Å². The van der Waals surface area contributed by atoms with Crippen LogP contribution < -0.4 is 5.32 Å². The first-order valence-electron chi connectivity index (χ1n) is 7.74. The van der Waals surface area contributed by atoms with Crippen molar-refractivity contribution < 1.29 is 18.7 Å². The minimum atomic E-state index is -0.379. The number of rotatable bonds is 10. The van der Waals surface area contributed by atoms with E-state index in [1.807, 2.05) is 6.07 Å². The molecule has 0 saturated heterocycles. The number of thioether (sulfide) groups is 1. The van der Waals surface area contributed by atoms with Crippen molar-refractivity contribution >= 4 is 23.6 Å². The molecule has 0 atom stereocenters. The van der Waals surface area contributed by atoms with E-state index in [2.05, 4.69) is 22.1 Å². The first-order chi connectivity index (χ1) is 12.1. The zero-order chi connectivity index (χ0) is 18.1. The van der Waals surface area contributed by atoms with Gasteiger partial charge in [0.05, 0.1) is 25.2 Å². The Kier molecular flexibility index (Phi) is 7.27. The summed E-state index contributed by atoms with van der Waals surface area (Å²) < 4.78 is 12.1. The van der Waals surface area contributed by atoms with Crippen LogP contribution in [-0.2, 0) is 27.3 Å². The van der Waals surface area contributed by atoms with Crippen molar-refractivity contribution in [1.82, 2.24) is 20.1 Å². The highest BCUT2D eigenvalue weighted by Crippen LogP contribution is 2.19. The predicted octanol–water partition coefficient (Wildman–Crippen LogP) is 1.42. The first kappa shape index (κ1) is 18.8. The molecule has 0 spiro atoms. The standard InChI is InChI=1S/C16H20N4O4S/c1-3-7-17-14(21)11-25-16-19-18-13(9-15(22)23-4-2)20(16)10-12-6-5-8-24-12/h3,5-6,8H,1,4,7,9-11H2,2H3,(H,17,21). The van der Waals surface area contributed by atoms with E-state index in [1.165, 1.54) is 11.8 Å². The lowest BCUT2D eigenvalue weighted by molar-refractivity contribution is -0.142. The smallest absolute Gasteiger partial charge is 0.313 e. The van der Waals surface area contributed by atoms with Gasteiger partial charge < -0.3 is 14.5 Å². The fourth-order valence-corrected chi connectivity index (χ4v) is 2.77. The zero-order valence-corrected chi connectivity index (χ0v) is 14.8. The molecule has 2 aromatic rings. The summed E-state index contributed by atoms with van der Waals surface area (Å²) in [6.45, 7) is 6.37. The molecule has 2 rings (SSSR count). The number of furan rings is 1. The minimum Gasteiger partial charge on any atom is -0.467 e. The van der Waals surface area contributed by atoms with Gasteiger partial charge >= 0.3 is 5.97 Å². The zero-order valence-electron chi connectivity index (χ0n) is 13.9. The third-order valence-electron chi connectivity index (χ3n) is 3.07. The molecular formula is C16H20N4O4S. The summed E-state index contributed by atoms with van der Waals surface area (Å²) in [5, 5.41) is 11.4. The Balaban J connectivity index is 2.11. The van der Waals surface area contributed by atoms with Crippen LogP contribution >= 0.6 is 11.8 Å². The molecule has 134 valence electrons. The lowest BCUT2D eigenvalue weighted by Crippen LogP contribution is -2.25. The number of amides is 1. The van der Waals surface area contributed by atoms with E-state index in [0.717, 1.165) is 0 Å². The molecule has 8 nitrogen and oxygen atoms in total. The molecular weight excluding hydrogens is 344 g/mol. The predicted molar refractivity (Wildman–Crippen MR) is 92.1 cm³/mol. The number of carbonyl (C=O) groups excluding carboxylic acids is 2. The van der Waals surface area contributed by atoms with E-state index < -0.39 is 0 Å². The number of hydrogen-bond acceptors (Lipinski definition) is 7. The van der Waals surface area contributed by atoms with Gasteiger partial charge in [0.2, 0.25) is 5.91 Å². The van der Waals surface area contributed by atoms with Crippen LogP contribution in [-0.4, -0.2) is 45.5 Å². The molecule has 0 bridgehead atoms. The van der Waals surface area contributed by atoms with Gasteiger partial charge in [0.1, 0.15) is 18.0 Å². The van der Waals surface area contributed by atoms with Crippen LogP contribution in [0.3, 0.4) is 0 Å². The van der Waals surface area contributed by atoms with E-state index >= 15 is 0 Å². The lowest BCUT2D eigenvalue weighted by Gasteiger charge is -2.08. The van der Waals surface area contributed by atoms with Gasteiger partial charge in [0.15, 0.2) is 5.16 Å². The summed E-state index contributed by atoms with van der Waals surface area (Å²) in [5.41, 5.74) is 0. The fraction of sp³-hybridized carbons (Fsp3) is 0.375. The monoisotopic (exact) mass is 364 g/mol. The Bertz CT molecular complexity index is 712. The maximum atomic E-state index is 11.8. The van der Waals surface area contributed by atoms with Crippen molar-refractivity contribution in [2.24, 2.45) is 0 Å². The summed E-state index contributed by atoms with van der Waals surface area (Å²) in [7, 11) is 0. The van der Waals surface area contributed by atoms with Crippen LogP contribution in [0.4, 0.5) is 0 Å². The topological polar surface area (TPSA) is 99.3 Å². The Morgan fingerprint density at radius 1 is 1.48 bits per heavy atom. The summed E-state index contributed by atoms with van der Waals surface area (Å²) in [6.07, 6.45) is 3.18. The maximum Gasteiger partial charge on any atom is 0.313 e. The molecule has 0 saturated carbocycles. The van der Waals surface area contributed by atoms with Crippen LogP contribution in [0.5, 0.6) is 0 Å². The molecule has 0 aliphatic heterocycles. The van der Waals surface area contributed by atoms with E-state index in [0.29, 0.717) is 36.4 Å². The molecule has 0 radical (unpaired) electrons. The van der Waals surface area contributed by atoms with Crippen LogP contribution in [0.15, 0.2) is 40.6 Å². The third kappa shape index (κ3) is 5.79. The summed E-state index contributed by atoms with van der Waals surface area (Å²) in [5.74, 6) is 0.829. The van der Waals surface area contributed by atoms with Gasteiger partial charge in [-0.15, -0.1) is 16.8 Å². The molecule has 2 aromatic heterocycles. The average molecular weight is 364 g/mol. The molecule has 1 amide bonds. The van der Waals surface area contributed by atoms with E-state index in [4.69, 9.17) is 9.15 Å². The largest absolute Gasteiger partial charge is 0.467 e.